The van der Waals surface area contributed by atoms with Crippen LogP contribution in [-0.2, 0) is 6.54 Å². The summed E-state index contributed by atoms with van der Waals surface area (Å²) < 4.78 is 4.34. The first kappa shape index (κ1) is 10.6. The van der Waals surface area contributed by atoms with E-state index in [1.807, 2.05) is 11.5 Å². The number of nitrogens with one attached hydrogen (secondary N) is 1. The van der Waals surface area contributed by atoms with Crippen molar-refractivity contribution >= 4 is 39.9 Å². The van der Waals surface area contributed by atoms with Gasteiger partial charge in [-0.1, -0.05) is 12.2 Å². The third kappa shape index (κ3) is 1.28. The molecule has 0 atom stereocenters. The molecule has 0 spiro atoms. The molecule has 19 heavy (non-hydrogen) atoms. The second kappa shape index (κ2) is 3.58. The molecular weight excluding hydrogens is 262 g/mol. The molecule has 4 heterocycles. The van der Waals surface area contributed by atoms with Gasteiger partial charge in [-0.3, -0.25) is 4.57 Å². The molecule has 0 saturated heterocycles. The highest BCUT2D eigenvalue weighted by Gasteiger charge is 2.12. The number of hydrogen-bond acceptors (Lipinski definition) is 5. The van der Waals surface area contributed by atoms with Crippen molar-refractivity contribution in [3.05, 3.63) is 23.4 Å². The molecule has 0 bridgehead atoms. The zero-order valence-corrected chi connectivity index (χ0v) is 10.8. The lowest BCUT2D eigenvalue weighted by Crippen LogP contribution is -2.00. The number of hydrogen-bond donors (Lipinski definition) is 1. The molecule has 0 saturated carbocycles. The van der Waals surface area contributed by atoms with Crippen molar-refractivity contribution in [2.24, 2.45) is 0 Å². The maximum Gasteiger partial charge on any atom is 0.232 e. The average Bonchev–Trinajstić information content (AvgIpc) is 3.03. The Balaban J connectivity index is 2.37. The zero-order valence-electron chi connectivity index (χ0n) is 10.0. The zero-order chi connectivity index (χ0) is 13.0. The minimum Gasteiger partial charge on any atom is -0.343 e. The highest BCUT2D eigenvalue weighted by atomic mass is 32.1. The Kier molecular flexibility index (Phi) is 1.99. The van der Waals surface area contributed by atoms with Crippen molar-refractivity contribution in [1.82, 2.24) is 34.3 Å². The van der Waals surface area contributed by atoms with Gasteiger partial charge in [0.25, 0.3) is 0 Å². The molecular formula is C11H9N7S. The number of rotatable bonds is 1. The van der Waals surface area contributed by atoms with E-state index in [1.165, 1.54) is 0 Å². The molecule has 4 aromatic rings. The third-order valence-corrected chi connectivity index (χ3v) is 3.51. The lowest BCUT2D eigenvalue weighted by Gasteiger charge is -2.03. The summed E-state index contributed by atoms with van der Waals surface area (Å²) in [5, 5.41) is 13.3. The third-order valence-electron chi connectivity index (χ3n) is 3.19. The molecule has 1 N–H and O–H groups in total. The fraction of sp³-hybridized carbons (Fsp3) is 0.182. The normalized spacial score (nSPS) is 11.8. The topological polar surface area (TPSA) is 76.7 Å². The minimum absolute atomic E-state index is 0.616. The molecule has 4 aromatic heterocycles. The summed E-state index contributed by atoms with van der Waals surface area (Å²) in [6, 6.07) is 0. The van der Waals surface area contributed by atoms with E-state index in [9.17, 15) is 0 Å². The van der Waals surface area contributed by atoms with Gasteiger partial charge in [-0.05, 0) is 6.92 Å². The maximum atomic E-state index is 5.35. The molecule has 7 nitrogen and oxygen atoms in total. The molecule has 0 aromatic carbocycles. The molecule has 8 heteroatoms. The Morgan fingerprint density at radius 3 is 3.11 bits per heavy atom. The molecule has 94 valence electrons. The van der Waals surface area contributed by atoms with Crippen LogP contribution >= 0.6 is 12.2 Å². The van der Waals surface area contributed by atoms with Gasteiger partial charge in [0.05, 0.1) is 17.1 Å². The van der Waals surface area contributed by atoms with Crippen LogP contribution in [0.2, 0.25) is 0 Å². The smallest absolute Gasteiger partial charge is 0.232 e. The predicted octanol–water partition coefficient (Wildman–Crippen LogP) is 1.70. The van der Waals surface area contributed by atoms with Gasteiger partial charge < -0.3 is 4.98 Å². The second-order valence-electron chi connectivity index (χ2n) is 4.21. The Hall–Kier alpha value is -2.35. The number of aromatic nitrogens is 7. The van der Waals surface area contributed by atoms with Crippen molar-refractivity contribution in [3.8, 4) is 0 Å². The van der Waals surface area contributed by atoms with E-state index in [0.717, 1.165) is 34.3 Å². The Bertz CT molecular complexity index is 977. The first-order chi connectivity index (χ1) is 9.29. The minimum atomic E-state index is 0.616. The number of nitrogens with zero attached hydrogens (tertiary/aromatic N) is 6. The SMILES string of the molecule is CCn1cnn2c3c(cnc12)c(=S)[nH]c1cnnc13. The van der Waals surface area contributed by atoms with E-state index in [-0.39, 0.29) is 0 Å². The van der Waals surface area contributed by atoms with E-state index in [2.05, 4.69) is 25.3 Å². The van der Waals surface area contributed by atoms with E-state index >= 15 is 0 Å². The maximum absolute atomic E-state index is 5.35. The average molecular weight is 271 g/mol. The standard InChI is InChI=1S/C11H9N7S/c1-2-17-5-14-18-9-6(3-12-11(17)18)10(19)15-7-4-13-16-8(7)9/h3-5H,2H2,1H3,(H,15,19). The Morgan fingerprint density at radius 1 is 1.37 bits per heavy atom. The Labute approximate surface area is 111 Å². The van der Waals surface area contributed by atoms with E-state index < -0.39 is 0 Å². The second-order valence-corrected chi connectivity index (χ2v) is 4.62. The van der Waals surface area contributed by atoms with Crippen molar-refractivity contribution < 1.29 is 0 Å². The van der Waals surface area contributed by atoms with Crippen molar-refractivity contribution in [3.63, 3.8) is 0 Å². The molecule has 0 unspecified atom stereocenters. The van der Waals surface area contributed by atoms with Gasteiger partial charge in [0.1, 0.15) is 22.0 Å². The van der Waals surface area contributed by atoms with Crippen LogP contribution in [0.15, 0.2) is 18.7 Å². The fourth-order valence-corrected chi connectivity index (χ4v) is 2.51. The van der Waals surface area contributed by atoms with Gasteiger partial charge in [-0.15, -0.1) is 5.10 Å². The number of fused-ring (bicyclic) bond motifs is 5. The predicted molar refractivity (Wildman–Crippen MR) is 72.4 cm³/mol. The molecule has 0 amide bonds. The van der Waals surface area contributed by atoms with E-state index in [0.29, 0.717) is 4.64 Å². The highest BCUT2D eigenvalue weighted by Crippen LogP contribution is 2.22. The van der Waals surface area contributed by atoms with Crippen molar-refractivity contribution in [2.75, 3.05) is 0 Å². The summed E-state index contributed by atoms with van der Waals surface area (Å²) in [5.74, 6) is 0.764. The number of pyridine rings is 1. The molecule has 0 fully saturated rings. The van der Waals surface area contributed by atoms with Gasteiger partial charge in [-0.2, -0.15) is 14.7 Å². The summed E-state index contributed by atoms with van der Waals surface area (Å²) in [7, 11) is 0. The van der Waals surface area contributed by atoms with Gasteiger partial charge in [-0.25, -0.2) is 4.98 Å². The first-order valence-corrected chi connectivity index (χ1v) is 6.26. The molecule has 4 rings (SSSR count). The van der Waals surface area contributed by atoms with Gasteiger partial charge in [0.15, 0.2) is 0 Å². The van der Waals surface area contributed by atoms with E-state index in [4.69, 9.17) is 12.2 Å². The van der Waals surface area contributed by atoms with Crippen LogP contribution in [-0.4, -0.2) is 34.3 Å². The van der Waals surface area contributed by atoms with Crippen LogP contribution in [0.4, 0.5) is 0 Å². The number of H-pyrrole nitrogens is 1. The van der Waals surface area contributed by atoms with Crippen molar-refractivity contribution in [2.45, 2.75) is 13.5 Å². The lowest BCUT2D eigenvalue weighted by molar-refractivity contribution is 0.776. The summed E-state index contributed by atoms with van der Waals surface area (Å²) in [6.07, 6.45) is 5.17. The fourth-order valence-electron chi connectivity index (χ4n) is 2.26. The summed E-state index contributed by atoms with van der Waals surface area (Å²) in [4.78, 5) is 7.52. The van der Waals surface area contributed by atoms with E-state index in [1.54, 1.807) is 23.2 Å². The van der Waals surface area contributed by atoms with Gasteiger partial charge >= 0.3 is 0 Å². The molecule has 0 aliphatic rings. The number of aromatic amines is 1. The molecule has 0 radical (unpaired) electrons. The van der Waals surface area contributed by atoms with Crippen LogP contribution in [0.1, 0.15) is 6.92 Å². The quantitative estimate of drug-likeness (QED) is 0.533. The summed E-state index contributed by atoms with van der Waals surface area (Å²) in [6.45, 7) is 2.85. The summed E-state index contributed by atoms with van der Waals surface area (Å²) >= 11 is 5.35. The monoisotopic (exact) mass is 271 g/mol. The Morgan fingerprint density at radius 2 is 2.26 bits per heavy atom. The van der Waals surface area contributed by atoms with Crippen LogP contribution < -0.4 is 0 Å². The highest BCUT2D eigenvalue weighted by molar-refractivity contribution is 7.71. The van der Waals surface area contributed by atoms with Crippen LogP contribution in [0.25, 0.3) is 27.7 Å². The van der Waals surface area contributed by atoms with Crippen LogP contribution in [0.5, 0.6) is 0 Å². The molecule has 0 aliphatic carbocycles. The number of aryl methyl sites for hydroxylation is 1. The summed E-state index contributed by atoms with van der Waals surface area (Å²) in [5.41, 5.74) is 2.40. The molecule has 0 aliphatic heterocycles. The lowest BCUT2D eigenvalue weighted by atomic mass is 10.3. The van der Waals surface area contributed by atoms with Crippen LogP contribution in [0.3, 0.4) is 0 Å². The van der Waals surface area contributed by atoms with Gasteiger partial charge in [0, 0.05) is 12.7 Å². The first-order valence-electron chi connectivity index (χ1n) is 5.86. The van der Waals surface area contributed by atoms with Crippen LogP contribution in [0, 0.1) is 4.64 Å². The largest absolute Gasteiger partial charge is 0.343 e. The van der Waals surface area contributed by atoms with Gasteiger partial charge in [0.2, 0.25) is 5.78 Å². The van der Waals surface area contributed by atoms with Crippen molar-refractivity contribution in [1.29, 1.82) is 0 Å².